The van der Waals surface area contributed by atoms with E-state index in [0.29, 0.717) is 23.7 Å². The summed E-state index contributed by atoms with van der Waals surface area (Å²) < 4.78 is 0. The molecule has 0 saturated carbocycles. The largest absolute Gasteiger partial charge is 0.352 e. The van der Waals surface area contributed by atoms with Crippen LogP contribution in [-0.2, 0) is 28.3 Å². The van der Waals surface area contributed by atoms with Crippen molar-refractivity contribution in [3.63, 3.8) is 0 Å². The van der Waals surface area contributed by atoms with E-state index in [1.807, 2.05) is 98.8 Å². The van der Waals surface area contributed by atoms with Gasteiger partial charge >= 0.3 is 0 Å². The third-order valence-electron chi connectivity index (χ3n) is 5.85. The molecule has 2 atom stereocenters. The molecule has 0 fully saturated rings. The van der Waals surface area contributed by atoms with E-state index < -0.39 is 6.04 Å². The zero-order valence-corrected chi connectivity index (χ0v) is 21.9. The van der Waals surface area contributed by atoms with Gasteiger partial charge in [0, 0.05) is 29.8 Å². The van der Waals surface area contributed by atoms with Crippen molar-refractivity contribution in [2.75, 3.05) is 5.75 Å². The fourth-order valence-corrected chi connectivity index (χ4v) is 4.81. The number of nitrogens with zero attached hydrogens (tertiary/aromatic N) is 1. The van der Waals surface area contributed by atoms with E-state index in [9.17, 15) is 9.59 Å². The van der Waals surface area contributed by atoms with Crippen LogP contribution in [0.5, 0.6) is 0 Å². The Morgan fingerprint density at radius 3 is 2.17 bits per heavy atom. The number of benzene rings is 3. The molecule has 0 unspecified atom stereocenters. The Morgan fingerprint density at radius 1 is 0.914 bits per heavy atom. The number of amides is 2. The van der Waals surface area contributed by atoms with E-state index in [4.69, 9.17) is 11.6 Å². The maximum atomic E-state index is 13.6. The van der Waals surface area contributed by atoms with Crippen LogP contribution in [0.25, 0.3) is 0 Å². The van der Waals surface area contributed by atoms with E-state index >= 15 is 0 Å². The highest BCUT2D eigenvalue weighted by Gasteiger charge is 2.30. The number of carbonyl (C=O) groups is 2. The molecule has 184 valence electrons. The molecule has 0 bridgehead atoms. The first kappa shape index (κ1) is 26.8. The monoisotopic (exact) mass is 508 g/mol. The summed E-state index contributed by atoms with van der Waals surface area (Å²) in [5, 5.41) is 3.79. The summed E-state index contributed by atoms with van der Waals surface area (Å²) >= 11 is 7.64. The van der Waals surface area contributed by atoms with E-state index in [-0.39, 0.29) is 23.6 Å². The molecule has 0 radical (unpaired) electrons. The molecule has 0 saturated heterocycles. The highest BCUT2D eigenvalue weighted by molar-refractivity contribution is 7.99. The lowest BCUT2D eigenvalue weighted by atomic mass is 10.0. The standard InChI is InChI=1S/C29H33ClN2O2S/c1-3-22(2)31-29(34)27(18-23-11-6-4-7-12-23)32(19-24-13-8-5-9-14-24)28(33)21-35-20-25-15-10-16-26(30)17-25/h4-17,22,27H,3,18-21H2,1-2H3,(H,31,34)/t22-,27+/m0/s1. The van der Waals surface area contributed by atoms with Gasteiger partial charge in [0.05, 0.1) is 5.75 Å². The summed E-state index contributed by atoms with van der Waals surface area (Å²) in [6.07, 6.45) is 1.28. The average molecular weight is 509 g/mol. The van der Waals surface area contributed by atoms with Crippen molar-refractivity contribution in [2.45, 2.75) is 51.1 Å². The van der Waals surface area contributed by atoms with Crippen molar-refractivity contribution in [1.29, 1.82) is 0 Å². The number of rotatable bonds is 12. The number of hydrogen-bond acceptors (Lipinski definition) is 3. The van der Waals surface area contributed by atoms with Gasteiger partial charge in [-0.1, -0.05) is 91.3 Å². The molecular formula is C29H33ClN2O2S. The third kappa shape index (κ3) is 8.75. The topological polar surface area (TPSA) is 49.4 Å². The average Bonchev–Trinajstić information content (AvgIpc) is 2.87. The fraction of sp³-hybridized carbons (Fsp3) is 0.310. The predicted octanol–water partition coefficient (Wildman–Crippen LogP) is 6.13. The molecule has 2 amide bonds. The maximum Gasteiger partial charge on any atom is 0.243 e. The number of thioether (sulfide) groups is 1. The van der Waals surface area contributed by atoms with E-state index in [2.05, 4.69) is 5.32 Å². The van der Waals surface area contributed by atoms with Crippen molar-refractivity contribution < 1.29 is 9.59 Å². The fourth-order valence-electron chi connectivity index (χ4n) is 3.74. The summed E-state index contributed by atoms with van der Waals surface area (Å²) in [6, 6.07) is 26.8. The van der Waals surface area contributed by atoms with Crippen LogP contribution in [0, 0.1) is 0 Å². The number of carbonyl (C=O) groups excluding carboxylic acids is 2. The summed E-state index contributed by atoms with van der Waals surface area (Å²) in [4.78, 5) is 28.8. The van der Waals surface area contributed by atoms with Gasteiger partial charge in [-0.2, -0.15) is 0 Å². The first-order valence-corrected chi connectivity index (χ1v) is 13.5. The second kappa shape index (κ2) is 14.0. The van der Waals surface area contributed by atoms with Crippen LogP contribution in [0.3, 0.4) is 0 Å². The van der Waals surface area contributed by atoms with E-state index in [0.717, 1.165) is 23.1 Å². The first-order chi connectivity index (χ1) is 17.0. The third-order valence-corrected chi connectivity index (χ3v) is 7.07. The van der Waals surface area contributed by atoms with Crippen LogP contribution in [0.1, 0.15) is 37.0 Å². The lowest BCUT2D eigenvalue weighted by Gasteiger charge is -2.32. The van der Waals surface area contributed by atoms with Gasteiger partial charge in [-0.15, -0.1) is 11.8 Å². The van der Waals surface area contributed by atoms with Crippen molar-refractivity contribution >= 4 is 35.2 Å². The Hall–Kier alpha value is -2.76. The Bertz CT molecular complexity index is 1080. The Morgan fingerprint density at radius 2 is 1.54 bits per heavy atom. The number of halogens is 1. The van der Waals surface area contributed by atoms with Crippen LogP contribution >= 0.6 is 23.4 Å². The SMILES string of the molecule is CC[C@H](C)NC(=O)[C@@H](Cc1ccccc1)N(Cc1ccccc1)C(=O)CSCc1cccc(Cl)c1. The second-order valence-electron chi connectivity index (χ2n) is 8.65. The summed E-state index contributed by atoms with van der Waals surface area (Å²) in [5.41, 5.74) is 3.09. The maximum absolute atomic E-state index is 13.6. The minimum absolute atomic E-state index is 0.0339. The van der Waals surface area contributed by atoms with Crippen LogP contribution < -0.4 is 5.32 Å². The molecule has 0 aliphatic rings. The predicted molar refractivity (Wildman–Crippen MR) is 146 cm³/mol. The molecule has 3 aromatic rings. The molecule has 4 nitrogen and oxygen atoms in total. The molecule has 35 heavy (non-hydrogen) atoms. The molecule has 0 aliphatic carbocycles. The minimum Gasteiger partial charge on any atom is -0.352 e. The Kier molecular flexibility index (Phi) is 10.7. The quantitative estimate of drug-likeness (QED) is 0.320. The molecule has 0 spiro atoms. The highest BCUT2D eigenvalue weighted by atomic mass is 35.5. The van der Waals surface area contributed by atoms with Gasteiger partial charge in [0.1, 0.15) is 6.04 Å². The molecule has 0 aromatic heterocycles. The van der Waals surface area contributed by atoms with Crippen LogP contribution in [0.2, 0.25) is 5.02 Å². The van der Waals surface area contributed by atoms with Gasteiger partial charge in [0.15, 0.2) is 0 Å². The van der Waals surface area contributed by atoms with Crippen molar-refractivity contribution in [1.82, 2.24) is 10.2 Å². The molecule has 1 N–H and O–H groups in total. The molecule has 3 aromatic carbocycles. The number of nitrogens with one attached hydrogen (secondary N) is 1. The summed E-state index contributed by atoms with van der Waals surface area (Å²) in [7, 11) is 0. The molecule has 6 heteroatoms. The van der Waals surface area contributed by atoms with Crippen LogP contribution in [-0.4, -0.2) is 34.6 Å². The van der Waals surface area contributed by atoms with Gasteiger partial charge in [-0.25, -0.2) is 0 Å². The molecular weight excluding hydrogens is 476 g/mol. The Labute approximate surface area is 218 Å². The van der Waals surface area contributed by atoms with Gasteiger partial charge in [-0.05, 0) is 42.2 Å². The minimum atomic E-state index is -0.606. The van der Waals surface area contributed by atoms with Crippen molar-refractivity contribution in [2.24, 2.45) is 0 Å². The lowest BCUT2D eigenvalue weighted by molar-refractivity contribution is -0.139. The van der Waals surface area contributed by atoms with Crippen LogP contribution in [0.15, 0.2) is 84.9 Å². The molecule has 0 heterocycles. The smallest absolute Gasteiger partial charge is 0.243 e. The second-order valence-corrected chi connectivity index (χ2v) is 10.1. The number of hydrogen-bond donors (Lipinski definition) is 1. The summed E-state index contributed by atoms with van der Waals surface area (Å²) in [5.74, 6) is 0.781. The van der Waals surface area contributed by atoms with Gasteiger partial charge in [0.2, 0.25) is 11.8 Å². The van der Waals surface area contributed by atoms with Gasteiger partial charge in [-0.3, -0.25) is 9.59 Å². The first-order valence-electron chi connectivity index (χ1n) is 12.0. The normalized spacial score (nSPS) is 12.5. The van der Waals surface area contributed by atoms with Gasteiger partial charge < -0.3 is 10.2 Å². The lowest BCUT2D eigenvalue weighted by Crippen LogP contribution is -2.52. The molecule has 3 rings (SSSR count). The Balaban J connectivity index is 1.83. The van der Waals surface area contributed by atoms with Gasteiger partial charge in [0.25, 0.3) is 0 Å². The zero-order chi connectivity index (χ0) is 25.0. The molecule has 0 aliphatic heterocycles. The zero-order valence-electron chi connectivity index (χ0n) is 20.3. The highest BCUT2D eigenvalue weighted by Crippen LogP contribution is 2.20. The van der Waals surface area contributed by atoms with Crippen LogP contribution in [0.4, 0.5) is 0 Å². The van der Waals surface area contributed by atoms with E-state index in [1.54, 1.807) is 4.90 Å². The van der Waals surface area contributed by atoms with E-state index in [1.165, 1.54) is 11.8 Å². The van der Waals surface area contributed by atoms with Crippen molar-refractivity contribution in [3.8, 4) is 0 Å². The van der Waals surface area contributed by atoms with Crippen molar-refractivity contribution in [3.05, 3.63) is 107 Å². The summed E-state index contributed by atoms with van der Waals surface area (Å²) in [6.45, 7) is 4.40.